The van der Waals surface area contributed by atoms with Crippen LogP contribution in [0.15, 0.2) is 36.7 Å². The molecule has 1 saturated heterocycles. The van der Waals surface area contributed by atoms with Crippen molar-refractivity contribution in [3.63, 3.8) is 0 Å². The van der Waals surface area contributed by atoms with Crippen LogP contribution in [-0.2, 0) is 16.3 Å². The van der Waals surface area contributed by atoms with E-state index in [1.54, 1.807) is 0 Å². The van der Waals surface area contributed by atoms with E-state index in [-0.39, 0.29) is 17.5 Å². The monoisotopic (exact) mass is 394 g/mol. The van der Waals surface area contributed by atoms with E-state index in [1.165, 1.54) is 6.33 Å². The Bertz CT molecular complexity index is 860. The molecule has 1 atom stereocenters. The number of sulfone groups is 1. The van der Waals surface area contributed by atoms with Gasteiger partial charge in [-0.3, -0.25) is 0 Å². The fraction of sp³-hybridized carbons (Fsp3) is 0.444. The zero-order valence-electron chi connectivity index (χ0n) is 14.7. The molecule has 1 aliphatic heterocycles. The second-order valence-corrected chi connectivity index (χ2v) is 9.08. The SMILES string of the molecule is CCN(c1cc(NCCc2cccc(Cl)c2)ncn1)C1CCS(=O)(=O)C1. The zero-order valence-corrected chi connectivity index (χ0v) is 16.3. The van der Waals surface area contributed by atoms with Gasteiger partial charge in [0.05, 0.1) is 11.5 Å². The first-order chi connectivity index (χ1) is 12.5. The van der Waals surface area contributed by atoms with Gasteiger partial charge in [-0.2, -0.15) is 0 Å². The van der Waals surface area contributed by atoms with Gasteiger partial charge in [-0.15, -0.1) is 0 Å². The number of hydrogen-bond donors (Lipinski definition) is 1. The molecule has 1 aliphatic rings. The van der Waals surface area contributed by atoms with Gasteiger partial charge in [0.15, 0.2) is 9.84 Å². The van der Waals surface area contributed by atoms with Crippen LogP contribution in [0.4, 0.5) is 11.6 Å². The first-order valence-corrected chi connectivity index (χ1v) is 10.9. The minimum Gasteiger partial charge on any atom is -0.370 e. The van der Waals surface area contributed by atoms with Gasteiger partial charge in [0.2, 0.25) is 0 Å². The lowest BCUT2D eigenvalue weighted by atomic mass is 10.1. The third kappa shape index (κ3) is 4.86. The minimum atomic E-state index is -2.93. The van der Waals surface area contributed by atoms with Crippen molar-refractivity contribution in [2.24, 2.45) is 0 Å². The molecule has 2 heterocycles. The van der Waals surface area contributed by atoms with E-state index in [4.69, 9.17) is 11.6 Å². The Morgan fingerprint density at radius 2 is 2.15 bits per heavy atom. The van der Waals surface area contributed by atoms with Gasteiger partial charge in [0.1, 0.15) is 18.0 Å². The summed E-state index contributed by atoms with van der Waals surface area (Å²) >= 11 is 6.01. The van der Waals surface area contributed by atoms with Crippen molar-refractivity contribution in [1.29, 1.82) is 0 Å². The van der Waals surface area contributed by atoms with Crippen LogP contribution in [0.25, 0.3) is 0 Å². The van der Waals surface area contributed by atoms with Gasteiger partial charge in [0.25, 0.3) is 0 Å². The predicted octanol–water partition coefficient (Wildman–Crippen LogP) is 2.80. The Labute approximate surface area is 159 Å². The molecule has 1 aromatic heterocycles. The maximum atomic E-state index is 11.8. The summed E-state index contributed by atoms with van der Waals surface area (Å²) in [5.41, 5.74) is 1.16. The second-order valence-electron chi connectivity index (χ2n) is 6.41. The largest absolute Gasteiger partial charge is 0.370 e. The van der Waals surface area contributed by atoms with Crippen LogP contribution in [0, 0.1) is 0 Å². The number of halogens is 1. The first kappa shape index (κ1) is 18.9. The van der Waals surface area contributed by atoms with Crippen LogP contribution in [0.2, 0.25) is 5.02 Å². The van der Waals surface area contributed by atoms with E-state index in [2.05, 4.69) is 15.3 Å². The van der Waals surface area contributed by atoms with Crippen molar-refractivity contribution in [2.75, 3.05) is 34.8 Å². The topological polar surface area (TPSA) is 75.2 Å². The van der Waals surface area contributed by atoms with Gasteiger partial charge < -0.3 is 10.2 Å². The maximum Gasteiger partial charge on any atom is 0.152 e. The van der Waals surface area contributed by atoms with Crippen molar-refractivity contribution >= 4 is 33.1 Å². The maximum absolute atomic E-state index is 11.8. The molecule has 0 radical (unpaired) electrons. The van der Waals surface area contributed by atoms with Crippen LogP contribution >= 0.6 is 11.6 Å². The van der Waals surface area contributed by atoms with Gasteiger partial charge >= 0.3 is 0 Å². The number of aromatic nitrogens is 2. The lowest BCUT2D eigenvalue weighted by Gasteiger charge is -2.28. The fourth-order valence-electron chi connectivity index (χ4n) is 3.26. The molecule has 8 heteroatoms. The number of nitrogens with zero attached hydrogens (tertiary/aromatic N) is 3. The van der Waals surface area contributed by atoms with Crippen LogP contribution in [0.3, 0.4) is 0 Å². The Morgan fingerprint density at radius 3 is 2.85 bits per heavy atom. The summed E-state index contributed by atoms with van der Waals surface area (Å²) in [5.74, 6) is 1.94. The van der Waals surface area contributed by atoms with E-state index in [0.29, 0.717) is 13.0 Å². The molecule has 140 valence electrons. The molecular weight excluding hydrogens is 372 g/mol. The summed E-state index contributed by atoms with van der Waals surface area (Å²) in [7, 11) is -2.93. The van der Waals surface area contributed by atoms with E-state index in [1.807, 2.05) is 42.2 Å². The molecule has 1 N–H and O–H groups in total. The van der Waals surface area contributed by atoms with Gasteiger partial charge in [-0.1, -0.05) is 23.7 Å². The highest BCUT2D eigenvalue weighted by Gasteiger charge is 2.32. The molecule has 3 rings (SSSR count). The Hall–Kier alpha value is -1.86. The van der Waals surface area contributed by atoms with Crippen LogP contribution < -0.4 is 10.2 Å². The number of hydrogen-bond acceptors (Lipinski definition) is 6. The van der Waals surface area contributed by atoms with Crippen LogP contribution in [0.1, 0.15) is 18.9 Å². The number of anilines is 2. The highest BCUT2D eigenvalue weighted by Crippen LogP contribution is 2.23. The van der Waals surface area contributed by atoms with E-state index >= 15 is 0 Å². The van der Waals surface area contributed by atoms with Gasteiger partial charge in [0, 0.05) is 30.2 Å². The normalized spacial score (nSPS) is 18.6. The number of benzene rings is 1. The molecule has 0 spiro atoms. The molecule has 1 aromatic carbocycles. The number of nitrogens with one attached hydrogen (secondary N) is 1. The molecule has 0 aliphatic carbocycles. The van der Waals surface area contributed by atoms with Crippen molar-refractivity contribution < 1.29 is 8.42 Å². The van der Waals surface area contributed by atoms with Gasteiger partial charge in [-0.25, -0.2) is 18.4 Å². The first-order valence-electron chi connectivity index (χ1n) is 8.74. The molecule has 6 nitrogen and oxygen atoms in total. The van der Waals surface area contributed by atoms with Crippen molar-refractivity contribution in [3.8, 4) is 0 Å². The Balaban J connectivity index is 1.63. The molecule has 0 amide bonds. The highest BCUT2D eigenvalue weighted by molar-refractivity contribution is 7.91. The Morgan fingerprint density at radius 1 is 1.31 bits per heavy atom. The van der Waals surface area contributed by atoms with E-state index in [0.717, 1.165) is 35.2 Å². The summed E-state index contributed by atoms with van der Waals surface area (Å²) in [4.78, 5) is 10.7. The third-order valence-electron chi connectivity index (χ3n) is 4.55. The minimum absolute atomic E-state index is 0.0146. The average molecular weight is 395 g/mol. The molecule has 2 aromatic rings. The smallest absolute Gasteiger partial charge is 0.152 e. The second kappa shape index (κ2) is 8.22. The summed E-state index contributed by atoms with van der Waals surface area (Å²) in [6.45, 7) is 3.44. The van der Waals surface area contributed by atoms with Crippen LogP contribution in [0.5, 0.6) is 0 Å². The Kier molecular flexibility index (Phi) is 5.98. The van der Waals surface area contributed by atoms with E-state index < -0.39 is 9.84 Å². The molecule has 0 saturated carbocycles. The third-order valence-corrected chi connectivity index (χ3v) is 6.53. The zero-order chi connectivity index (χ0) is 18.6. The van der Waals surface area contributed by atoms with Crippen molar-refractivity contribution in [3.05, 3.63) is 47.2 Å². The summed E-state index contributed by atoms with van der Waals surface area (Å²) in [6.07, 6.45) is 3.00. The summed E-state index contributed by atoms with van der Waals surface area (Å²) in [6, 6.07) is 9.66. The predicted molar refractivity (Wildman–Crippen MR) is 106 cm³/mol. The molecule has 26 heavy (non-hydrogen) atoms. The quantitative estimate of drug-likeness (QED) is 0.778. The molecule has 0 bridgehead atoms. The molecule has 1 unspecified atom stereocenters. The highest BCUT2D eigenvalue weighted by atomic mass is 35.5. The summed E-state index contributed by atoms with van der Waals surface area (Å²) < 4.78 is 23.6. The summed E-state index contributed by atoms with van der Waals surface area (Å²) in [5, 5.41) is 4.03. The lowest BCUT2D eigenvalue weighted by Crippen LogP contribution is -2.36. The molecular formula is C18H23ClN4O2S. The van der Waals surface area contributed by atoms with Crippen LogP contribution in [-0.4, -0.2) is 49.0 Å². The fourth-order valence-corrected chi connectivity index (χ4v) is 5.20. The lowest BCUT2D eigenvalue weighted by molar-refractivity contribution is 0.599. The van der Waals surface area contributed by atoms with Crippen molar-refractivity contribution in [2.45, 2.75) is 25.8 Å². The standard InChI is InChI=1S/C18H23ClN4O2S/c1-2-23(16-7-9-26(24,25)12-16)18-11-17(21-13-22-18)20-8-6-14-4-3-5-15(19)10-14/h3-5,10-11,13,16H,2,6-9,12H2,1H3,(H,20,21,22). The molecule has 1 fully saturated rings. The van der Waals surface area contributed by atoms with E-state index in [9.17, 15) is 8.42 Å². The number of rotatable bonds is 7. The van der Waals surface area contributed by atoms with Gasteiger partial charge in [-0.05, 0) is 37.5 Å². The average Bonchev–Trinajstić information content (AvgIpc) is 2.96. The van der Waals surface area contributed by atoms with Crippen molar-refractivity contribution in [1.82, 2.24) is 9.97 Å².